The summed E-state index contributed by atoms with van der Waals surface area (Å²) in [5, 5.41) is 0. The Morgan fingerprint density at radius 3 is 1.04 bits per heavy atom. The topological polar surface area (TPSA) is 80.6 Å². The van der Waals surface area contributed by atoms with E-state index in [2.05, 4.69) is 103 Å². The van der Waals surface area contributed by atoms with Gasteiger partial charge in [0.15, 0.2) is 0 Å². The van der Waals surface area contributed by atoms with Crippen LogP contribution in [0.5, 0.6) is 0 Å². The Hall–Kier alpha value is -4.40. The van der Waals surface area contributed by atoms with E-state index in [1.54, 1.807) is 0 Å². The highest BCUT2D eigenvalue weighted by atomic mass is 15.1. The maximum Gasteiger partial charge on any atom is 0.0401 e. The van der Waals surface area contributed by atoms with Crippen LogP contribution in [0.1, 0.15) is 100 Å². The minimum atomic E-state index is 0.844. The lowest BCUT2D eigenvalue weighted by Crippen LogP contribution is -2.28. The lowest BCUT2D eigenvalue weighted by molar-refractivity contribution is 0.262. The molecule has 0 aliphatic rings. The molecule has 56 heavy (non-hydrogen) atoms. The van der Waals surface area contributed by atoms with Crippen LogP contribution < -0.4 is 0 Å². The van der Waals surface area contributed by atoms with Gasteiger partial charge in [-0.05, 0) is 158 Å². The number of nitrogens with zero attached hydrogens (tertiary/aromatic N) is 8. The second-order valence-electron chi connectivity index (χ2n) is 14.2. The van der Waals surface area contributed by atoms with Crippen LogP contribution in [0, 0.1) is 0 Å². The van der Waals surface area contributed by atoms with Crippen molar-refractivity contribution in [3.05, 3.63) is 107 Å². The molecule has 3 rings (SSSR count). The molecule has 302 valence electrons. The first kappa shape index (κ1) is 46.0. The summed E-state index contributed by atoms with van der Waals surface area (Å²) in [4.78, 5) is 32.8. The van der Waals surface area contributed by atoms with Gasteiger partial charge in [0, 0.05) is 64.1 Å². The second-order valence-corrected chi connectivity index (χ2v) is 14.2. The third kappa shape index (κ3) is 24.2. The zero-order valence-electron chi connectivity index (χ0n) is 34.7. The van der Waals surface area contributed by atoms with Gasteiger partial charge in [-0.25, -0.2) is 0 Å². The van der Waals surface area contributed by atoms with Crippen molar-refractivity contribution < 1.29 is 0 Å². The van der Waals surface area contributed by atoms with E-state index >= 15 is 0 Å². The molecule has 0 atom stereocenters. The fourth-order valence-electron chi connectivity index (χ4n) is 6.33. The summed E-state index contributed by atoms with van der Waals surface area (Å²) < 4.78 is 0. The fraction of sp³-hybridized carbons (Fsp3) is 0.500. The number of hydrogen-bond acceptors (Lipinski definition) is 8. The smallest absolute Gasteiger partial charge is 0.0401 e. The van der Waals surface area contributed by atoms with Gasteiger partial charge < -0.3 is 9.80 Å². The van der Waals surface area contributed by atoms with Gasteiger partial charge in [-0.2, -0.15) is 0 Å². The first-order valence-electron chi connectivity index (χ1n) is 21.3. The number of benzene rings is 3. The molecule has 0 bridgehead atoms. The molecule has 8 nitrogen and oxygen atoms in total. The average molecular weight is 759 g/mol. The lowest BCUT2D eigenvalue weighted by Gasteiger charge is -2.21. The molecule has 3 aromatic rings. The van der Waals surface area contributed by atoms with Gasteiger partial charge in [-0.1, -0.05) is 78.9 Å². The van der Waals surface area contributed by atoms with E-state index in [1.165, 1.54) is 18.4 Å². The van der Waals surface area contributed by atoms with Gasteiger partial charge in [-0.15, -0.1) is 0 Å². The van der Waals surface area contributed by atoms with E-state index in [1.807, 2.05) is 63.3 Å². The average Bonchev–Trinajstić information content (AvgIpc) is 3.23. The van der Waals surface area contributed by atoms with Gasteiger partial charge in [0.2, 0.25) is 0 Å². The van der Waals surface area contributed by atoms with Crippen LogP contribution >= 0.6 is 0 Å². The number of rotatable bonds is 32. The van der Waals surface area contributed by atoms with E-state index < -0.39 is 0 Å². The third-order valence-corrected chi connectivity index (χ3v) is 9.41. The molecular formula is C48H70N8. The Bertz CT molecular complexity index is 1550. The highest BCUT2D eigenvalue weighted by Crippen LogP contribution is 2.06. The molecule has 0 unspecified atom stereocenters. The molecule has 0 radical (unpaired) electrons. The Kier molecular flexibility index (Phi) is 26.9. The van der Waals surface area contributed by atoms with E-state index in [9.17, 15) is 0 Å². The second kappa shape index (κ2) is 32.8. The highest BCUT2D eigenvalue weighted by molar-refractivity contribution is 5.86. The quantitative estimate of drug-likeness (QED) is 0.0470. The minimum Gasteiger partial charge on any atom is -0.303 e. The highest BCUT2D eigenvalue weighted by Gasteiger charge is 2.06. The Morgan fingerprint density at radius 1 is 0.339 bits per heavy atom. The van der Waals surface area contributed by atoms with Crippen LogP contribution in [-0.4, -0.2) is 126 Å². The summed E-state index contributed by atoms with van der Waals surface area (Å²) in [5.74, 6) is 0. The Labute approximate surface area is 339 Å². The van der Waals surface area contributed by atoms with Crippen LogP contribution in [0.25, 0.3) is 0 Å². The number of aliphatic imine (C=N–C) groups is 6. The summed E-state index contributed by atoms with van der Waals surface area (Å²) in [7, 11) is 0. The van der Waals surface area contributed by atoms with Gasteiger partial charge in [-0.3, -0.25) is 30.0 Å². The minimum absolute atomic E-state index is 0.844. The first-order chi connectivity index (χ1) is 27.8. The fourth-order valence-corrected chi connectivity index (χ4v) is 6.33. The summed E-state index contributed by atoms with van der Waals surface area (Å²) in [6.45, 7) is 15.9. The molecule has 0 aromatic heterocycles. The van der Waals surface area contributed by atoms with Gasteiger partial charge in [0.05, 0.1) is 0 Å². The molecule has 0 saturated heterocycles. The van der Waals surface area contributed by atoms with Gasteiger partial charge >= 0.3 is 0 Å². The molecular weight excluding hydrogens is 689 g/mol. The van der Waals surface area contributed by atoms with Gasteiger partial charge in [0.25, 0.3) is 0 Å². The molecule has 0 amide bonds. The Balaban J connectivity index is 1.34. The van der Waals surface area contributed by atoms with Crippen LogP contribution in [0.3, 0.4) is 0 Å². The van der Waals surface area contributed by atoms with Crippen molar-refractivity contribution in [2.24, 2.45) is 30.0 Å². The van der Waals surface area contributed by atoms with Crippen molar-refractivity contribution in [1.82, 2.24) is 9.80 Å². The summed E-state index contributed by atoms with van der Waals surface area (Å²) in [6, 6.07) is 29.2. The van der Waals surface area contributed by atoms with E-state index in [0.717, 1.165) is 147 Å². The largest absolute Gasteiger partial charge is 0.303 e. The van der Waals surface area contributed by atoms with Crippen molar-refractivity contribution in [3.63, 3.8) is 0 Å². The predicted molar refractivity (Wildman–Crippen MR) is 246 cm³/mol. The molecule has 3 aromatic carbocycles. The predicted octanol–water partition coefficient (Wildman–Crippen LogP) is 9.45. The van der Waals surface area contributed by atoms with E-state index in [4.69, 9.17) is 9.98 Å². The van der Waals surface area contributed by atoms with Crippen LogP contribution in [0.15, 0.2) is 115 Å². The normalized spacial score (nSPS) is 12.5. The maximum absolute atomic E-state index is 4.78. The number of unbranched alkanes of at least 4 members (excludes halogenated alkanes) is 4. The van der Waals surface area contributed by atoms with Crippen LogP contribution in [-0.2, 0) is 0 Å². The zero-order chi connectivity index (χ0) is 39.4. The molecule has 0 aliphatic carbocycles. The van der Waals surface area contributed by atoms with E-state index in [-0.39, 0.29) is 0 Å². The first-order valence-corrected chi connectivity index (χ1v) is 21.3. The maximum atomic E-state index is 4.78. The SMILES string of the molecule is CC=NCCCCN(CCCCN=Cc1cccc(C=NCCCCN(CCCCN=Cc2ccccc2)CCCN=Cc2ccccc2)c1)CCCN=CC. The standard InChI is InChI=1S/C48H70N8/c1-3-49-28-11-15-34-55(38-20-32-50-4-2)35-17-13-30-52-43-47-26-19-27-48(40-47)44-53-31-14-18-37-56(39-21-33-54-42-46-24-9-6-10-25-46)36-16-12-29-51-41-45-22-7-5-8-23-45/h3-10,19,22-27,40-44H,11-18,20-21,28-39H2,1-2H3. The molecule has 0 spiro atoms. The van der Waals surface area contributed by atoms with Crippen molar-refractivity contribution in [1.29, 1.82) is 0 Å². The van der Waals surface area contributed by atoms with Crippen molar-refractivity contribution in [2.75, 3.05) is 78.5 Å². The van der Waals surface area contributed by atoms with Crippen molar-refractivity contribution in [2.45, 2.75) is 78.1 Å². The summed E-state index contributed by atoms with van der Waals surface area (Å²) in [5.41, 5.74) is 4.60. The van der Waals surface area contributed by atoms with Crippen LogP contribution in [0.2, 0.25) is 0 Å². The molecule has 8 heteroatoms. The summed E-state index contributed by atoms with van der Waals surface area (Å²) >= 11 is 0. The van der Waals surface area contributed by atoms with E-state index in [0.29, 0.717) is 0 Å². The number of hydrogen-bond donors (Lipinski definition) is 0. The summed E-state index contributed by atoms with van der Waals surface area (Å²) in [6.07, 6.45) is 23.1. The molecule has 0 aliphatic heterocycles. The molecule has 0 heterocycles. The molecule has 0 saturated carbocycles. The third-order valence-electron chi connectivity index (χ3n) is 9.41. The Morgan fingerprint density at radius 2 is 0.643 bits per heavy atom. The zero-order valence-corrected chi connectivity index (χ0v) is 34.7. The molecule has 0 N–H and O–H groups in total. The van der Waals surface area contributed by atoms with Crippen molar-refractivity contribution >= 4 is 37.3 Å². The van der Waals surface area contributed by atoms with Gasteiger partial charge in [0.1, 0.15) is 0 Å². The van der Waals surface area contributed by atoms with Crippen molar-refractivity contribution in [3.8, 4) is 0 Å². The molecule has 0 fully saturated rings. The lowest BCUT2D eigenvalue weighted by atomic mass is 10.1. The monoisotopic (exact) mass is 759 g/mol. The van der Waals surface area contributed by atoms with Crippen LogP contribution in [0.4, 0.5) is 0 Å².